The number of halogens is 1. The monoisotopic (exact) mass is 278 g/mol. The topological polar surface area (TPSA) is 78.5 Å². The number of anilines is 1. The van der Waals surface area contributed by atoms with E-state index in [0.717, 1.165) is 0 Å². The van der Waals surface area contributed by atoms with Crippen molar-refractivity contribution in [3.63, 3.8) is 0 Å². The molecule has 0 unspecified atom stereocenters. The molecule has 2 heterocycles. The Hall–Kier alpha value is -1.95. The minimum Gasteiger partial charge on any atom is -0.550 e. The quantitative estimate of drug-likeness (QED) is 0.863. The summed E-state index contributed by atoms with van der Waals surface area (Å²) in [7, 11) is 0. The van der Waals surface area contributed by atoms with E-state index in [0.29, 0.717) is 18.5 Å². The van der Waals surface area contributed by atoms with Gasteiger partial charge in [0.05, 0.1) is 18.1 Å². The first-order chi connectivity index (χ1) is 9.56. The summed E-state index contributed by atoms with van der Waals surface area (Å²) < 4.78 is 18.6. The lowest BCUT2D eigenvalue weighted by Gasteiger charge is -2.27. The van der Waals surface area contributed by atoms with Crippen LogP contribution in [-0.4, -0.2) is 24.1 Å². The molecule has 2 bridgehead atoms. The number of nitrogens with one attached hydrogen (secondary N) is 1. The molecule has 1 aromatic rings. The van der Waals surface area contributed by atoms with Crippen LogP contribution in [-0.2, 0) is 14.3 Å². The fourth-order valence-corrected chi connectivity index (χ4v) is 3.10. The average Bonchev–Trinajstić information content (AvgIpc) is 2.98. The number of benzene rings is 1. The number of hydrogen-bond acceptors (Lipinski definition) is 4. The summed E-state index contributed by atoms with van der Waals surface area (Å²) in [5.41, 5.74) is 0.301. The Labute approximate surface area is 114 Å². The van der Waals surface area contributed by atoms with Crippen LogP contribution in [0.2, 0.25) is 0 Å². The van der Waals surface area contributed by atoms with Crippen molar-refractivity contribution in [1.29, 1.82) is 0 Å². The molecular weight excluding hydrogens is 265 g/mol. The lowest BCUT2D eigenvalue weighted by Crippen LogP contribution is -2.46. The number of carbonyl (C=O) groups is 2. The van der Waals surface area contributed by atoms with Crippen LogP contribution in [0.15, 0.2) is 24.3 Å². The third-order valence-electron chi connectivity index (χ3n) is 3.94. The molecule has 4 atom stereocenters. The summed E-state index contributed by atoms with van der Waals surface area (Å²) >= 11 is 0. The first kappa shape index (κ1) is 13.1. The zero-order chi connectivity index (χ0) is 14.3. The van der Waals surface area contributed by atoms with Gasteiger partial charge >= 0.3 is 0 Å². The van der Waals surface area contributed by atoms with E-state index in [1.54, 1.807) is 6.07 Å². The van der Waals surface area contributed by atoms with Gasteiger partial charge in [0.15, 0.2) is 0 Å². The SMILES string of the molecule is O=C([O-])[C@@H]1[C@H](C(=O)Nc2cccc(F)c2)[C@H]2CC[C@@H]1O2. The van der Waals surface area contributed by atoms with E-state index >= 15 is 0 Å². The van der Waals surface area contributed by atoms with E-state index < -0.39 is 41.7 Å². The second-order valence-electron chi connectivity index (χ2n) is 5.16. The van der Waals surface area contributed by atoms with Gasteiger partial charge in [0.25, 0.3) is 0 Å². The van der Waals surface area contributed by atoms with E-state index in [2.05, 4.69) is 5.32 Å². The van der Waals surface area contributed by atoms with E-state index in [1.807, 2.05) is 0 Å². The first-order valence-corrected chi connectivity index (χ1v) is 6.49. The van der Waals surface area contributed by atoms with Crippen molar-refractivity contribution in [2.75, 3.05) is 5.32 Å². The molecule has 1 aromatic carbocycles. The summed E-state index contributed by atoms with van der Waals surface area (Å²) in [6.07, 6.45) is 0.452. The van der Waals surface area contributed by atoms with Gasteiger partial charge in [-0.3, -0.25) is 4.79 Å². The Morgan fingerprint density at radius 2 is 1.95 bits per heavy atom. The van der Waals surface area contributed by atoms with Gasteiger partial charge in [0, 0.05) is 17.6 Å². The summed E-state index contributed by atoms with van der Waals surface area (Å²) in [6.45, 7) is 0. The smallest absolute Gasteiger partial charge is 0.230 e. The van der Waals surface area contributed by atoms with Crippen molar-refractivity contribution >= 4 is 17.6 Å². The molecule has 3 rings (SSSR count). The van der Waals surface area contributed by atoms with Gasteiger partial charge in [-0.25, -0.2) is 4.39 Å². The molecule has 20 heavy (non-hydrogen) atoms. The van der Waals surface area contributed by atoms with Gasteiger partial charge < -0.3 is 20.0 Å². The minimum atomic E-state index is -1.27. The van der Waals surface area contributed by atoms with Crippen LogP contribution in [0.1, 0.15) is 12.8 Å². The molecule has 1 N–H and O–H groups in total. The summed E-state index contributed by atoms with van der Waals surface area (Å²) in [6, 6.07) is 5.46. The van der Waals surface area contributed by atoms with Crippen LogP contribution in [0, 0.1) is 17.7 Å². The molecule has 106 valence electrons. The van der Waals surface area contributed by atoms with Crippen molar-refractivity contribution < 1.29 is 23.8 Å². The van der Waals surface area contributed by atoms with Crippen LogP contribution in [0.5, 0.6) is 0 Å². The largest absolute Gasteiger partial charge is 0.550 e. The Balaban J connectivity index is 1.78. The fraction of sp³-hybridized carbons (Fsp3) is 0.429. The summed E-state index contributed by atoms with van der Waals surface area (Å²) in [5.74, 6) is -3.90. The van der Waals surface area contributed by atoms with Crippen molar-refractivity contribution in [2.45, 2.75) is 25.0 Å². The third-order valence-corrected chi connectivity index (χ3v) is 3.94. The molecule has 5 nitrogen and oxygen atoms in total. The van der Waals surface area contributed by atoms with Gasteiger partial charge in [-0.2, -0.15) is 0 Å². The standard InChI is InChI=1S/C14H14FNO4/c15-7-2-1-3-8(6-7)16-13(17)11-9-4-5-10(20-9)12(11)14(18)19/h1-3,6,9-12H,4-5H2,(H,16,17)(H,18,19)/p-1/t9-,10+,11-,12+/m1/s1. The van der Waals surface area contributed by atoms with Crippen molar-refractivity contribution in [1.82, 2.24) is 0 Å². The maximum Gasteiger partial charge on any atom is 0.230 e. The molecule has 0 aliphatic carbocycles. The van der Waals surface area contributed by atoms with Gasteiger partial charge in [0.2, 0.25) is 5.91 Å². The second-order valence-corrected chi connectivity index (χ2v) is 5.16. The highest BCUT2D eigenvalue weighted by Gasteiger charge is 2.52. The van der Waals surface area contributed by atoms with Crippen LogP contribution >= 0.6 is 0 Å². The van der Waals surface area contributed by atoms with E-state index in [1.165, 1.54) is 18.2 Å². The Morgan fingerprint density at radius 1 is 1.25 bits per heavy atom. The third kappa shape index (κ3) is 2.16. The number of fused-ring (bicyclic) bond motifs is 2. The number of hydrogen-bond donors (Lipinski definition) is 1. The Morgan fingerprint density at radius 3 is 2.60 bits per heavy atom. The number of rotatable bonds is 3. The van der Waals surface area contributed by atoms with Crippen LogP contribution in [0.3, 0.4) is 0 Å². The number of amides is 1. The molecule has 0 saturated carbocycles. The highest BCUT2D eigenvalue weighted by atomic mass is 19.1. The normalized spacial score (nSPS) is 31.2. The maximum atomic E-state index is 13.1. The lowest BCUT2D eigenvalue weighted by molar-refractivity contribution is -0.313. The Kier molecular flexibility index (Phi) is 3.17. The highest BCUT2D eigenvalue weighted by molar-refractivity contribution is 5.96. The second kappa shape index (κ2) is 4.86. The molecule has 2 aliphatic rings. The number of carboxylic acid groups (broad SMARTS) is 1. The van der Waals surface area contributed by atoms with E-state index in [-0.39, 0.29) is 0 Å². The predicted molar refractivity (Wildman–Crippen MR) is 64.9 cm³/mol. The molecule has 2 saturated heterocycles. The van der Waals surface area contributed by atoms with Crippen LogP contribution in [0.25, 0.3) is 0 Å². The number of carboxylic acids is 1. The van der Waals surface area contributed by atoms with Crippen LogP contribution in [0.4, 0.5) is 10.1 Å². The van der Waals surface area contributed by atoms with Crippen LogP contribution < -0.4 is 10.4 Å². The number of ether oxygens (including phenoxy) is 1. The van der Waals surface area contributed by atoms with Gasteiger partial charge in [-0.1, -0.05) is 6.07 Å². The minimum absolute atomic E-state index is 0.301. The van der Waals surface area contributed by atoms with E-state index in [4.69, 9.17) is 4.74 Å². The number of carbonyl (C=O) groups excluding carboxylic acids is 2. The number of aliphatic carboxylic acids is 1. The predicted octanol–water partition coefficient (Wildman–Crippen LogP) is 0.308. The highest BCUT2D eigenvalue weighted by Crippen LogP contribution is 2.43. The molecule has 0 spiro atoms. The summed E-state index contributed by atoms with van der Waals surface area (Å²) in [5, 5.41) is 13.7. The van der Waals surface area contributed by atoms with Crippen molar-refractivity contribution in [2.24, 2.45) is 11.8 Å². The van der Waals surface area contributed by atoms with Crippen molar-refractivity contribution in [3.8, 4) is 0 Å². The molecule has 1 amide bonds. The zero-order valence-electron chi connectivity index (χ0n) is 10.5. The molecular formula is C14H13FNO4-. The van der Waals surface area contributed by atoms with Gasteiger partial charge in [0.1, 0.15) is 5.82 Å². The molecule has 2 fully saturated rings. The maximum absolute atomic E-state index is 13.1. The van der Waals surface area contributed by atoms with E-state index in [9.17, 15) is 19.1 Å². The van der Waals surface area contributed by atoms with Gasteiger partial charge in [-0.05, 0) is 31.0 Å². The lowest BCUT2D eigenvalue weighted by atomic mass is 9.78. The average molecular weight is 278 g/mol. The zero-order valence-corrected chi connectivity index (χ0v) is 10.5. The van der Waals surface area contributed by atoms with Crippen molar-refractivity contribution in [3.05, 3.63) is 30.1 Å². The van der Waals surface area contributed by atoms with Gasteiger partial charge in [-0.15, -0.1) is 0 Å². The molecule has 6 heteroatoms. The fourth-order valence-electron chi connectivity index (χ4n) is 3.10. The molecule has 0 radical (unpaired) electrons. The summed E-state index contributed by atoms with van der Waals surface area (Å²) in [4.78, 5) is 23.4. The molecule has 2 aliphatic heterocycles. The first-order valence-electron chi connectivity index (χ1n) is 6.49. The molecule has 0 aromatic heterocycles. The Bertz CT molecular complexity index is 562.